The Morgan fingerprint density at radius 3 is 2.59 bits per heavy atom. The molecule has 0 bridgehead atoms. The number of nitrogens with one attached hydrogen (secondary N) is 2. The number of allylic oxidation sites excluding steroid dienone is 1. The Morgan fingerprint density at radius 2 is 1.85 bits per heavy atom. The standard InChI is InChI=1S/C20H40N2O3S2/c1-18(2)8-7-13-24-14-10-21-16-20(23)9-5-6-12-25-17-27-26-15-11-22-19(3)4/h7-8,18-19,21-22H,5-6,9-17H2,1-4H3/b8-7+. The van der Waals surface area contributed by atoms with Crippen LogP contribution in [0, 0.1) is 5.92 Å². The lowest BCUT2D eigenvalue weighted by Crippen LogP contribution is -2.26. The highest BCUT2D eigenvalue weighted by atomic mass is 33.1. The fourth-order valence-electron chi connectivity index (χ4n) is 2.04. The Kier molecular flexibility index (Phi) is 20.6. The van der Waals surface area contributed by atoms with Gasteiger partial charge in [-0.1, -0.05) is 61.4 Å². The lowest BCUT2D eigenvalue weighted by Gasteiger charge is -2.07. The summed E-state index contributed by atoms with van der Waals surface area (Å²) in [6, 6.07) is 0.551. The van der Waals surface area contributed by atoms with Crippen molar-refractivity contribution in [1.29, 1.82) is 0 Å². The fourth-order valence-corrected chi connectivity index (χ4v) is 3.63. The molecular weight excluding hydrogens is 380 g/mol. The summed E-state index contributed by atoms with van der Waals surface area (Å²) in [5.74, 6) is 2.63. The van der Waals surface area contributed by atoms with E-state index < -0.39 is 0 Å². The number of ketones is 1. The minimum absolute atomic E-state index is 0.261. The van der Waals surface area contributed by atoms with Crippen molar-refractivity contribution in [3.63, 3.8) is 0 Å². The summed E-state index contributed by atoms with van der Waals surface area (Å²) in [5.41, 5.74) is 0. The van der Waals surface area contributed by atoms with Gasteiger partial charge in [0.05, 0.1) is 19.8 Å². The van der Waals surface area contributed by atoms with Crippen LogP contribution in [0.25, 0.3) is 0 Å². The van der Waals surface area contributed by atoms with E-state index in [1.807, 2.05) is 16.9 Å². The summed E-state index contributed by atoms with van der Waals surface area (Å²) in [7, 11) is 3.59. The number of unbranched alkanes of at least 4 members (excludes halogenated alkanes) is 1. The van der Waals surface area contributed by atoms with Crippen LogP contribution in [-0.2, 0) is 14.3 Å². The number of carbonyl (C=O) groups is 1. The molecule has 160 valence electrons. The van der Waals surface area contributed by atoms with Crippen molar-refractivity contribution in [2.45, 2.75) is 53.0 Å². The zero-order valence-electron chi connectivity index (χ0n) is 17.6. The Morgan fingerprint density at radius 1 is 1.04 bits per heavy atom. The minimum atomic E-state index is 0.261. The molecule has 0 rings (SSSR count). The van der Waals surface area contributed by atoms with Crippen molar-refractivity contribution >= 4 is 27.4 Å². The summed E-state index contributed by atoms with van der Waals surface area (Å²) in [6.07, 6.45) is 6.63. The summed E-state index contributed by atoms with van der Waals surface area (Å²) in [5, 5.41) is 6.52. The molecule has 0 amide bonds. The summed E-state index contributed by atoms with van der Waals surface area (Å²) in [4.78, 5) is 11.8. The third kappa shape index (κ3) is 23.9. The van der Waals surface area contributed by atoms with Gasteiger partial charge in [0, 0.05) is 37.9 Å². The van der Waals surface area contributed by atoms with Crippen LogP contribution in [0.3, 0.4) is 0 Å². The first-order chi connectivity index (χ1) is 13.0. The van der Waals surface area contributed by atoms with E-state index in [9.17, 15) is 4.79 Å². The van der Waals surface area contributed by atoms with Crippen LogP contribution in [-0.4, -0.2) is 63.0 Å². The van der Waals surface area contributed by atoms with Crippen LogP contribution < -0.4 is 10.6 Å². The van der Waals surface area contributed by atoms with Crippen LogP contribution in [0.1, 0.15) is 47.0 Å². The van der Waals surface area contributed by atoms with Crippen LogP contribution in [0.5, 0.6) is 0 Å². The van der Waals surface area contributed by atoms with Gasteiger partial charge in [0.1, 0.15) is 11.7 Å². The summed E-state index contributed by atoms with van der Waals surface area (Å²) >= 11 is 0. The van der Waals surface area contributed by atoms with E-state index in [4.69, 9.17) is 9.47 Å². The predicted molar refractivity (Wildman–Crippen MR) is 121 cm³/mol. The molecular formula is C20H40N2O3S2. The van der Waals surface area contributed by atoms with Gasteiger partial charge >= 0.3 is 0 Å². The maximum atomic E-state index is 11.8. The van der Waals surface area contributed by atoms with Gasteiger partial charge in [0.15, 0.2) is 0 Å². The quantitative estimate of drug-likeness (QED) is 0.134. The van der Waals surface area contributed by atoms with Gasteiger partial charge in [-0.2, -0.15) is 0 Å². The first-order valence-electron chi connectivity index (χ1n) is 10.0. The highest BCUT2D eigenvalue weighted by Gasteiger charge is 2.01. The van der Waals surface area contributed by atoms with Gasteiger partial charge in [-0.05, 0) is 18.8 Å². The molecule has 2 N–H and O–H groups in total. The highest BCUT2D eigenvalue weighted by molar-refractivity contribution is 8.76. The molecule has 5 nitrogen and oxygen atoms in total. The molecule has 0 spiro atoms. The molecule has 0 aromatic carbocycles. The maximum absolute atomic E-state index is 11.8. The number of Topliss-reactive ketones (excluding diaryl/α,β-unsaturated/α-hetero) is 1. The van der Waals surface area contributed by atoms with Gasteiger partial charge in [-0.3, -0.25) is 4.79 Å². The summed E-state index contributed by atoms with van der Waals surface area (Å²) < 4.78 is 11.0. The number of hydrogen-bond donors (Lipinski definition) is 2. The van der Waals surface area contributed by atoms with Crippen molar-refractivity contribution in [2.24, 2.45) is 5.92 Å². The normalized spacial score (nSPS) is 11.9. The van der Waals surface area contributed by atoms with Crippen LogP contribution >= 0.6 is 21.6 Å². The third-order valence-electron chi connectivity index (χ3n) is 3.43. The topological polar surface area (TPSA) is 59.6 Å². The monoisotopic (exact) mass is 420 g/mol. The molecule has 7 heteroatoms. The molecule has 0 aromatic heterocycles. The van der Waals surface area contributed by atoms with Crippen LogP contribution in [0.2, 0.25) is 0 Å². The minimum Gasteiger partial charge on any atom is -0.376 e. The first kappa shape index (κ1) is 27.0. The molecule has 0 unspecified atom stereocenters. The molecule has 0 aliphatic rings. The Bertz CT molecular complexity index is 367. The predicted octanol–water partition coefficient (Wildman–Crippen LogP) is 3.90. The van der Waals surface area contributed by atoms with Crippen molar-refractivity contribution in [3.8, 4) is 0 Å². The van der Waals surface area contributed by atoms with Crippen molar-refractivity contribution in [3.05, 3.63) is 12.2 Å². The highest BCUT2D eigenvalue weighted by Crippen LogP contribution is 2.20. The van der Waals surface area contributed by atoms with E-state index in [-0.39, 0.29) is 5.78 Å². The van der Waals surface area contributed by atoms with E-state index in [1.165, 1.54) is 0 Å². The largest absolute Gasteiger partial charge is 0.376 e. The SMILES string of the molecule is CC(C)/C=C/COCCNCC(=O)CCCCOCSSCCNC(C)C. The molecule has 0 aromatic rings. The zero-order chi connectivity index (χ0) is 20.2. The molecule has 0 aliphatic heterocycles. The second-order valence-corrected chi connectivity index (χ2v) is 9.52. The van der Waals surface area contributed by atoms with Crippen molar-refractivity contribution in [1.82, 2.24) is 10.6 Å². The van der Waals surface area contributed by atoms with Gasteiger partial charge < -0.3 is 20.1 Å². The van der Waals surface area contributed by atoms with Crippen molar-refractivity contribution in [2.75, 3.05) is 51.1 Å². The van der Waals surface area contributed by atoms with E-state index in [0.29, 0.717) is 50.6 Å². The molecule has 27 heavy (non-hydrogen) atoms. The molecule has 0 aliphatic carbocycles. The van der Waals surface area contributed by atoms with Gasteiger partial charge in [0.2, 0.25) is 0 Å². The maximum Gasteiger partial charge on any atom is 0.146 e. The Labute approximate surface area is 174 Å². The van der Waals surface area contributed by atoms with E-state index >= 15 is 0 Å². The smallest absolute Gasteiger partial charge is 0.146 e. The van der Waals surface area contributed by atoms with Gasteiger partial charge in [-0.25, -0.2) is 0 Å². The average Bonchev–Trinajstić information content (AvgIpc) is 2.61. The Hall–Kier alpha value is -0.0500. The molecule has 0 atom stereocenters. The zero-order valence-corrected chi connectivity index (χ0v) is 19.3. The average molecular weight is 421 g/mol. The van der Waals surface area contributed by atoms with E-state index in [2.05, 4.69) is 44.4 Å². The molecule has 0 saturated carbocycles. The van der Waals surface area contributed by atoms with E-state index in [0.717, 1.165) is 31.7 Å². The fraction of sp³-hybridized carbons (Fsp3) is 0.850. The van der Waals surface area contributed by atoms with Gasteiger partial charge in [-0.15, -0.1) is 0 Å². The second kappa shape index (κ2) is 20.7. The van der Waals surface area contributed by atoms with E-state index in [1.54, 1.807) is 10.8 Å². The van der Waals surface area contributed by atoms with Gasteiger partial charge in [0.25, 0.3) is 0 Å². The molecule has 0 radical (unpaired) electrons. The molecule has 0 fully saturated rings. The lowest BCUT2D eigenvalue weighted by molar-refractivity contribution is -0.118. The van der Waals surface area contributed by atoms with Crippen LogP contribution in [0.15, 0.2) is 12.2 Å². The number of rotatable bonds is 20. The lowest BCUT2D eigenvalue weighted by atomic mass is 10.2. The number of carbonyl (C=O) groups excluding carboxylic acids is 1. The number of hydrogen-bond acceptors (Lipinski definition) is 7. The first-order valence-corrected chi connectivity index (χ1v) is 12.5. The second-order valence-electron chi connectivity index (χ2n) is 6.99. The Balaban J connectivity index is 3.21. The van der Waals surface area contributed by atoms with Crippen molar-refractivity contribution < 1.29 is 14.3 Å². The molecule has 0 heterocycles. The molecule has 0 saturated heterocycles. The summed E-state index contributed by atoms with van der Waals surface area (Å²) in [6.45, 7) is 12.8. The van der Waals surface area contributed by atoms with Crippen LogP contribution in [0.4, 0.5) is 0 Å². The number of ether oxygens (including phenoxy) is 2. The third-order valence-corrected chi connectivity index (χ3v) is 5.52.